The summed E-state index contributed by atoms with van der Waals surface area (Å²) in [7, 11) is 0. The summed E-state index contributed by atoms with van der Waals surface area (Å²) < 4.78 is 0. The molecule has 3 rings (SSSR count). The molecule has 1 aromatic carbocycles. The lowest BCUT2D eigenvalue weighted by Gasteiger charge is -2.26. The van der Waals surface area contributed by atoms with E-state index in [1.165, 1.54) is 11.8 Å². The van der Waals surface area contributed by atoms with Gasteiger partial charge in [0.05, 0.1) is 5.75 Å². The number of carbonyl (C=O) groups is 2. The number of carbonyl (C=O) groups excluding carboxylic acids is 2. The van der Waals surface area contributed by atoms with Gasteiger partial charge in [-0.1, -0.05) is 11.8 Å². The van der Waals surface area contributed by atoms with Gasteiger partial charge in [0.15, 0.2) is 5.16 Å². The first-order valence-electron chi connectivity index (χ1n) is 9.15. The molecule has 2 amide bonds. The van der Waals surface area contributed by atoms with Crippen molar-refractivity contribution in [2.24, 2.45) is 0 Å². The van der Waals surface area contributed by atoms with Crippen LogP contribution >= 0.6 is 23.5 Å². The highest BCUT2D eigenvalue weighted by atomic mass is 32.2. The monoisotopic (exact) mass is 416 g/mol. The summed E-state index contributed by atoms with van der Waals surface area (Å²) in [5, 5.41) is 3.51. The summed E-state index contributed by atoms with van der Waals surface area (Å²) in [6.07, 6.45) is 0. The third-order valence-corrected chi connectivity index (χ3v) is 6.13. The van der Waals surface area contributed by atoms with Crippen LogP contribution in [0.4, 0.5) is 5.69 Å². The maximum atomic E-state index is 12.6. The Morgan fingerprint density at radius 3 is 2.43 bits per heavy atom. The molecule has 2 heterocycles. The van der Waals surface area contributed by atoms with Crippen LogP contribution in [-0.2, 0) is 4.79 Å². The Bertz CT molecular complexity index is 862. The number of rotatable bonds is 5. The highest BCUT2D eigenvalue weighted by Crippen LogP contribution is 2.20. The number of nitrogens with one attached hydrogen (secondary N) is 1. The number of aromatic nitrogens is 2. The normalized spacial score (nSPS) is 14.0. The van der Waals surface area contributed by atoms with Gasteiger partial charge in [0, 0.05) is 47.2 Å². The highest BCUT2D eigenvalue weighted by molar-refractivity contribution is 7.99. The summed E-state index contributed by atoms with van der Waals surface area (Å²) in [6, 6.07) is 7.34. The largest absolute Gasteiger partial charge is 0.337 e. The van der Waals surface area contributed by atoms with Crippen molar-refractivity contribution in [3.8, 4) is 0 Å². The summed E-state index contributed by atoms with van der Waals surface area (Å²) in [5.74, 6) is 2.14. The van der Waals surface area contributed by atoms with Gasteiger partial charge in [-0.05, 0) is 50.6 Å². The summed E-state index contributed by atoms with van der Waals surface area (Å²) >= 11 is 3.19. The molecule has 0 radical (unpaired) electrons. The average Bonchev–Trinajstić information content (AvgIpc) is 2.67. The van der Waals surface area contributed by atoms with Crippen LogP contribution < -0.4 is 5.32 Å². The van der Waals surface area contributed by atoms with Crippen LogP contribution in [0.3, 0.4) is 0 Å². The van der Waals surface area contributed by atoms with E-state index < -0.39 is 0 Å². The van der Waals surface area contributed by atoms with Gasteiger partial charge in [0.2, 0.25) is 5.91 Å². The molecule has 8 heteroatoms. The Kier molecular flexibility index (Phi) is 6.96. The van der Waals surface area contributed by atoms with E-state index in [9.17, 15) is 9.59 Å². The van der Waals surface area contributed by atoms with Crippen LogP contribution in [0, 0.1) is 20.8 Å². The maximum Gasteiger partial charge on any atom is 0.253 e. The van der Waals surface area contributed by atoms with E-state index in [2.05, 4.69) is 15.3 Å². The zero-order valence-corrected chi connectivity index (χ0v) is 18.0. The minimum atomic E-state index is -0.122. The SMILES string of the molecule is Cc1cc(C)nc(SCC(=O)Nc2ccc(C(=O)N3CCSCC3)cc2C)n1. The van der Waals surface area contributed by atoms with Crippen molar-refractivity contribution in [3.05, 3.63) is 46.8 Å². The average molecular weight is 417 g/mol. The topological polar surface area (TPSA) is 75.2 Å². The molecular formula is C20H24N4O2S2. The minimum Gasteiger partial charge on any atom is -0.337 e. The summed E-state index contributed by atoms with van der Waals surface area (Å²) in [5.41, 5.74) is 4.04. The van der Waals surface area contributed by atoms with E-state index in [0.717, 1.165) is 47.2 Å². The number of hydrogen-bond donors (Lipinski definition) is 1. The van der Waals surface area contributed by atoms with E-state index in [1.54, 1.807) is 12.1 Å². The van der Waals surface area contributed by atoms with Crippen molar-refractivity contribution in [3.63, 3.8) is 0 Å². The first kappa shape index (κ1) is 20.7. The fourth-order valence-corrected chi connectivity index (χ4v) is 4.61. The zero-order valence-electron chi connectivity index (χ0n) is 16.3. The fourth-order valence-electron chi connectivity index (χ4n) is 2.96. The van der Waals surface area contributed by atoms with Gasteiger partial charge in [-0.2, -0.15) is 11.8 Å². The van der Waals surface area contributed by atoms with Crippen molar-refractivity contribution in [1.82, 2.24) is 14.9 Å². The predicted molar refractivity (Wildman–Crippen MR) is 115 cm³/mol. The van der Waals surface area contributed by atoms with Gasteiger partial charge >= 0.3 is 0 Å². The highest BCUT2D eigenvalue weighted by Gasteiger charge is 2.19. The second-order valence-electron chi connectivity index (χ2n) is 6.70. The molecule has 2 aromatic rings. The number of benzene rings is 1. The molecule has 1 aromatic heterocycles. The van der Waals surface area contributed by atoms with Crippen molar-refractivity contribution in [2.75, 3.05) is 35.7 Å². The summed E-state index contributed by atoms with van der Waals surface area (Å²) in [6.45, 7) is 7.30. The Labute approximate surface area is 173 Å². The number of nitrogens with zero attached hydrogens (tertiary/aromatic N) is 3. The number of hydrogen-bond acceptors (Lipinski definition) is 6. The molecule has 0 saturated carbocycles. The lowest BCUT2D eigenvalue weighted by atomic mass is 10.1. The second-order valence-corrected chi connectivity index (χ2v) is 8.87. The number of anilines is 1. The van der Waals surface area contributed by atoms with Gasteiger partial charge in [-0.3, -0.25) is 9.59 Å². The predicted octanol–water partition coefficient (Wildman–Crippen LogP) is 3.32. The molecule has 1 saturated heterocycles. The zero-order chi connectivity index (χ0) is 20.1. The maximum absolute atomic E-state index is 12.6. The van der Waals surface area contributed by atoms with Crippen LogP contribution in [0.5, 0.6) is 0 Å². The van der Waals surface area contributed by atoms with E-state index in [1.807, 2.05) is 49.6 Å². The molecule has 1 fully saturated rings. The lowest BCUT2D eigenvalue weighted by molar-refractivity contribution is -0.113. The smallest absolute Gasteiger partial charge is 0.253 e. The Hall–Kier alpha value is -2.06. The van der Waals surface area contributed by atoms with Crippen molar-refractivity contribution in [2.45, 2.75) is 25.9 Å². The van der Waals surface area contributed by atoms with Crippen molar-refractivity contribution < 1.29 is 9.59 Å². The molecule has 148 valence electrons. The molecule has 1 N–H and O–H groups in total. The van der Waals surface area contributed by atoms with Gasteiger partial charge in [-0.15, -0.1) is 0 Å². The van der Waals surface area contributed by atoms with Gasteiger partial charge < -0.3 is 10.2 Å². The van der Waals surface area contributed by atoms with Crippen LogP contribution in [0.2, 0.25) is 0 Å². The molecule has 0 unspecified atom stereocenters. The van der Waals surface area contributed by atoms with E-state index in [4.69, 9.17) is 0 Å². The van der Waals surface area contributed by atoms with Crippen LogP contribution in [0.15, 0.2) is 29.4 Å². The number of amides is 2. The molecule has 0 bridgehead atoms. The Morgan fingerprint density at radius 1 is 1.11 bits per heavy atom. The molecule has 0 aliphatic carbocycles. The first-order chi connectivity index (χ1) is 13.4. The van der Waals surface area contributed by atoms with Crippen LogP contribution in [0.1, 0.15) is 27.3 Å². The van der Waals surface area contributed by atoms with Gasteiger partial charge in [0.1, 0.15) is 0 Å². The third-order valence-electron chi connectivity index (χ3n) is 4.34. The van der Waals surface area contributed by atoms with E-state index in [-0.39, 0.29) is 17.6 Å². The van der Waals surface area contributed by atoms with Crippen molar-refractivity contribution >= 4 is 41.0 Å². The molecule has 6 nitrogen and oxygen atoms in total. The second kappa shape index (κ2) is 9.43. The Morgan fingerprint density at radius 2 is 1.79 bits per heavy atom. The number of thioether (sulfide) groups is 2. The van der Waals surface area contributed by atoms with Crippen LogP contribution in [-0.4, -0.2) is 57.0 Å². The first-order valence-corrected chi connectivity index (χ1v) is 11.3. The van der Waals surface area contributed by atoms with E-state index in [0.29, 0.717) is 10.7 Å². The molecule has 0 atom stereocenters. The molecule has 0 spiro atoms. The van der Waals surface area contributed by atoms with Gasteiger partial charge in [-0.25, -0.2) is 9.97 Å². The number of aryl methyl sites for hydroxylation is 3. The van der Waals surface area contributed by atoms with Crippen LogP contribution in [0.25, 0.3) is 0 Å². The van der Waals surface area contributed by atoms with Crippen molar-refractivity contribution in [1.29, 1.82) is 0 Å². The quantitative estimate of drug-likeness (QED) is 0.595. The lowest BCUT2D eigenvalue weighted by Crippen LogP contribution is -2.37. The Balaban J connectivity index is 1.59. The fraction of sp³-hybridized carbons (Fsp3) is 0.400. The third kappa shape index (κ3) is 5.48. The molecule has 1 aliphatic heterocycles. The molecule has 1 aliphatic rings. The summed E-state index contributed by atoms with van der Waals surface area (Å²) in [4.78, 5) is 35.5. The standard InChI is InChI=1S/C20H24N4O2S2/c1-13-10-16(19(26)24-6-8-27-9-7-24)4-5-17(13)23-18(25)12-28-20-21-14(2)11-15(3)22-20/h4-5,10-11H,6-9,12H2,1-3H3,(H,23,25). The molecule has 28 heavy (non-hydrogen) atoms. The molecular weight excluding hydrogens is 392 g/mol. The van der Waals surface area contributed by atoms with Gasteiger partial charge in [0.25, 0.3) is 5.91 Å². The minimum absolute atomic E-state index is 0.0591. The van der Waals surface area contributed by atoms with E-state index >= 15 is 0 Å².